The molecule has 8 heteroatoms. The number of methoxy groups -OCH3 is 1. The molecule has 4 rings (SSSR count). The lowest BCUT2D eigenvalue weighted by molar-refractivity contribution is -0.111. The van der Waals surface area contributed by atoms with Gasteiger partial charge in [-0.15, -0.1) is 0 Å². The first-order valence-electron chi connectivity index (χ1n) is 15.0. The number of anilines is 4. The molecule has 43 heavy (non-hydrogen) atoms. The normalized spacial score (nSPS) is 12.7. The Kier molecular flexibility index (Phi) is 12.8. The number of nitrogens with zero attached hydrogens (tertiary/aromatic N) is 4. The van der Waals surface area contributed by atoms with Gasteiger partial charge < -0.3 is 25.2 Å². The van der Waals surface area contributed by atoms with Crippen molar-refractivity contribution in [1.82, 2.24) is 14.9 Å². The van der Waals surface area contributed by atoms with Crippen LogP contribution >= 0.6 is 0 Å². The lowest BCUT2D eigenvalue weighted by Crippen LogP contribution is -2.29. The van der Waals surface area contributed by atoms with E-state index in [1.165, 1.54) is 37.3 Å². The van der Waals surface area contributed by atoms with Gasteiger partial charge in [0.15, 0.2) is 0 Å². The van der Waals surface area contributed by atoms with E-state index >= 15 is 0 Å². The molecule has 3 aromatic rings. The molecule has 2 N–H and O–H groups in total. The smallest absolute Gasteiger partial charge is 0.247 e. The molecule has 0 radical (unpaired) electrons. The van der Waals surface area contributed by atoms with E-state index in [0.717, 1.165) is 41.5 Å². The van der Waals surface area contributed by atoms with Crippen LogP contribution in [0.25, 0.3) is 5.57 Å². The van der Waals surface area contributed by atoms with Crippen LogP contribution < -0.4 is 20.3 Å². The summed E-state index contributed by atoms with van der Waals surface area (Å²) in [7, 11) is 7.63. The molecule has 1 saturated carbocycles. The van der Waals surface area contributed by atoms with Gasteiger partial charge in [-0.2, -0.15) is 0 Å². The van der Waals surface area contributed by atoms with Gasteiger partial charge in [0, 0.05) is 38.0 Å². The molecule has 0 aliphatic heterocycles. The minimum Gasteiger partial charge on any atom is -0.494 e. The van der Waals surface area contributed by atoms with Crippen LogP contribution in [0.1, 0.15) is 56.4 Å². The number of hydrogen-bond acceptors (Lipinski definition) is 7. The fourth-order valence-corrected chi connectivity index (χ4v) is 4.73. The highest BCUT2D eigenvalue weighted by atomic mass is 16.5. The van der Waals surface area contributed by atoms with Crippen LogP contribution in [0.15, 0.2) is 67.4 Å². The second-order valence-corrected chi connectivity index (χ2v) is 11.1. The summed E-state index contributed by atoms with van der Waals surface area (Å²) in [6.45, 7) is 11.5. The molecule has 0 atom stereocenters. The predicted octanol–water partition coefficient (Wildman–Crippen LogP) is 7.31. The summed E-state index contributed by atoms with van der Waals surface area (Å²) >= 11 is 0. The maximum absolute atomic E-state index is 12.2. The Morgan fingerprint density at radius 2 is 1.86 bits per heavy atom. The third kappa shape index (κ3) is 9.96. The van der Waals surface area contributed by atoms with Crippen molar-refractivity contribution in [3.63, 3.8) is 0 Å². The Hall–Kier alpha value is -4.17. The second kappa shape index (κ2) is 16.5. The first-order valence-corrected chi connectivity index (χ1v) is 15.0. The van der Waals surface area contributed by atoms with Crippen molar-refractivity contribution in [3.8, 4) is 5.75 Å². The number of carbonyl (C=O) groups excluding carboxylic acids is 1. The van der Waals surface area contributed by atoms with Gasteiger partial charge in [-0.3, -0.25) is 4.79 Å². The van der Waals surface area contributed by atoms with Crippen LogP contribution in [0.2, 0.25) is 0 Å². The molecule has 230 valence electrons. The first-order chi connectivity index (χ1) is 20.7. The molecular formula is C35H48N6O2. The SMILES string of the molecule is C=CC(=O)Nc1cc(Nc2nccc(/C(=C/C)c3ccccc3C)n2)c(OC)cc1N(C)CCN(C)C.CCCC1CC1. The highest BCUT2D eigenvalue weighted by molar-refractivity contribution is 6.02. The molecule has 0 spiro atoms. The zero-order chi connectivity index (χ0) is 31.4. The van der Waals surface area contributed by atoms with Crippen molar-refractivity contribution < 1.29 is 9.53 Å². The Labute approximate surface area is 257 Å². The Bertz CT molecular complexity index is 1400. The number of rotatable bonds is 13. The van der Waals surface area contributed by atoms with Crippen molar-refractivity contribution in [1.29, 1.82) is 0 Å². The summed E-state index contributed by atoms with van der Waals surface area (Å²) in [5.74, 6) is 1.86. The lowest BCUT2D eigenvalue weighted by atomic mass is 9.98. The van der Waals surface area contributed by atoms with E-state index in [2.05, 4.69) is 64.1 Å². The lowest BCUT2D eigenvalue weighted by Gasteiger charge is -2.26. The number of hydrogen-bond donors (Lipinski definition) is 2. The van der Waals surface area contributed by atoms with Gasteiger partial charge >= 0.3 is 0 Å². The van der Waals surface area contributed by atoms with Crippen LogP contribution in [0, 0.1) is 12.8 Å². The van der Waals surface area contributed by atoms with Gasteiger partial charge in [0.05, 0.1) is 29.9 Å². The van der Waals surface area contributed by atoms with Crippen molar-refractivity contribution in [2.75, 3.05) is 56.9 Å². The van der Waals surface area contributed by atoms with E-state index in [1.807, 2.05) is 58.4 Å². The third-order valence-corrected chi connectivity index (χ3v) is 7.35. The summed E-state index contributed by atoms with van der Waals surface area (Å²) in [5, 5.41) is 6.19. The predicted molar refractivity (Wildman–Crippen MR) is 181 cm³/mol. The van der Waals surface area contributed by atoms with Crippen molar-refractivity contribution in [3.05, 3.63) is 84.2 Å². The molecule has 0 bridgehead atoms. The number of ether oxygens (including phenoxy) is 1. The molecule has 1 amide bonds. The molecule has 1 aliphatic rings. The molecule has 0 saturated heterocycles. The molecule has 1 aliphatic carbocycles. The molecule has 1 heterocycles. The van der Waals surface area contributed by atoms with E-state index in [-0.39, 0.29) is 5.91 Å². The van der Waals surface area contributed by atoms with Crippen LogP contribution in [0.5, 0.6) is 5.75 Å². The Morgan fingerprint density at radius 3 is 2.44 bits per heavy atom. The number of aromatic nitrogens is 2. The minimum atomic E-state index is -0.299. The van der Waals surface area contributed by atoms with Gasteiger partial charge in [0.25, 0.3) is 0 Å². The highest BCUT2D eigenvalue weighted by Crippen LogP contribution is 2.38. The van der Waals surface area contributed by atoms with Crippen LogP contribution in [-0.2, 0) is 4.79 Å². The summed E-state index contributed by atoms with van der Waals surface area (Å²) in [6, 6.07) is 13.8. The van der Waals surface area contributed by atoms with E-state index in [9.17, 15) is 4.79 Å². The van der Waals surface area contributed by atoms with Crippen LogP contribution in [0.4, 0.5) is 23.0 Å². The van der Waals surface area contributed by atoms with Gasteiger partial charge in [0.2, 0.25) is 11.9 Å². The number of likely N-dealkylation sites (N-methyl/N-ethyl adjacent to an activating group) is 2. The van der Waals surface area contributed by atoms with E-state index in [1.54, 1.807) is 13.3 Å². The van der Waals surface area contributed by atoms with Crippen LogP contribution in [-0.4, -0.2) is 62.1 Å². The Balaban J connectivity index is 0.000000749. The van der Waals surface area contributed by atoms with Crippen molar-refractivity contribution in [2.45, 2.75) is 46.5 Å². The van der Waals surface area contributed by atoms with Crippen LogP contribution in [0.3, 0.4) is 0 Å². The monoisotopic (exact) mass is 584 g/mol. The molecule has 1 fully saturated rings. The number of allylic oxidation sites excluding steroid dienone is 1. The number of aryl methyl sites for hydroxylation is 1. The van der Waals surface area contributed by atoms with Gasteiger partial charge in [-0.1, -0.05) is 69.5 Å². The standard InChI is InChI=1S/C29H36N6O2.C6H12/c1-8-21(22-13-11-10-12-20(22)3)23-14-15-30-29(32-23)33-25-18-24(31-28(36)9-2)26(19-27(25)37-7)35(6)17-16-34(4)5;1-2-3-6-4-5-6/h8-15,18-19H,2,16-17H2,1,3-7H3,(H,31,36)(H,30,32,33);6H,2-5H2,1H3/b21-8+;. The van der Waals surface area contributed by atoms with Crippen molar-refractivity contribution in [2.24, 2.45) is 5.92 Å². The van der Waals surface area contributed by atoms with Gasteiger partial charge in [0.1, 0.15) is 5.75 Å². The molecule has 1 aromatic heterocycles. The largest absolute Gasteiger partial charge is 0.494 e. The summed E-state index contributed by atoms with van der Waals surface area (Å²) in [4.78, 5) is 25.6. The van der Waals surface area contributed by atoms with Gasteiger partial charge in [-0.05, 0) is 63.2 Å². The second-order valence-electron chi connectivity index (χ2n) is 11.1. The maximum atomic E-state index is 12.2. The quantitative estimate of drug-likeness (QED) is 0.204. The average molecular weight is 585 g/mol. The number of benzene rings is 2. The maximum Gasteiger partial charge on any atom is 0.247 e. The minimum absolute atomic E-state index is 0.299. The van der Waals surface area contributed by atoms with E-state index in [4.69, 9.17) is 9.72 Å². The Morgan fingerprint density at radius 1 is 1.12 bits per heavy atom. The summed E-state index contributed by atoms with van der Waals surface area (Å²) < 4.78 is 5.70. The molecule has 2 aromatic carbocycles. The highest BCUT2D eigenvalue weighted by Gasteiger charge is 2.19. The fourth-order valence-electron chi connectivity index (χ4n) is 4.73. The topological polar surface area (TPSA) is 82.6 Å². The number of nitrogens with one attached hydrogen (secondary N) is 2. The fraction of sp³-hybridized carbons (Fsp3) is 0.400. The average Bonchev–Trinajstić information content (AvgIpc) is 3.82. The zero-order valence-corrected chi connectivity index (χ0v) is 26.9. The molecule has 0 unspecified atom stereocenters. The third-order valence-electron chi connectivity index (χ3n) is 7.35. The molecular weight excluding hydrogens is 536 g/mol. The van der Waals surface area contributed by atoms with Gasteiger partial charge in [-0.25, -0.2) is 9.97 Å². The summed E-state index contributed by atoms with van der Waals surface area (Å²) in [6.07, 6.45) is 10.9. The summed E-state index contributed by atoms with van der Waals surface area (Å²) in [5.41, 5.74) is 6.18. The zero-order valence-electron chi connectivity index (χ0n) is 26.9. The molecule has 8 nitrogen and oxygen atoms in total. The first kappa shape index (κ1) is 33.3. The number of amides is 1. The van der Waals surface area contributed by atoms with E-state index in [0.29, 0.717) is 23.1 Å². The van der Waals surface area contributed by atoms with E-state index < -0.39 is 0 Å². The van der Waals surface area contributed by atoms with Crippen molar-refractivity contribution >= 4 is 34.5 Å². The number of carbonyl (C=O) groups is 1.